The molecular formula is C18H23NO3S. The summed E-state index contributed by atoms with van der Waals surface area (Å²) in [4.78, 5) is 12.4. The third kappa shape index (κ3) is 3.12. The number of aryl methyl sites for hydroxylation is 1. The van der Waals surface area contributed by atoms with Crippen molar-refractivity contribution in [1.29, 1.82) is 0 Å². The number of sulfonamides is 1. The Morgan fingerprint density at radius 3 is 2.61 bits per heavy atom. The minimum atomic E-state index is -3.50. The summed E-state index contributed by atoms with van der Waals surface area (Å²) in [7, 11) is -3.50. The lowest BCUT2D eigenvalue weighted by atomic mass is 9.74. The van der Waals surface area contributed by atoms with Crippen molar-refractivity contribution in [2.75, 3.05) is 13.1 Å². The van der Waals surface area contributed by atoms with Gasteiger partial charge in [-0.3, -0.25) is 4.79 Å². The molecule has 1 saturated heterocycles. The van der Waals surface area contributed by atoms with Crippen molar-refractivity contribution in [3.05, 3.63) is 42.0 Å². The number of hydrogen-bond acceptors (Lipinski definition) is 3. The van der Waals surface area contributed by atoms with Crippen LogP contribution in [-0.4, -0.2) is 31.6 Å². The molecule has 124 valence electrons. The third-order valence-electron chi connectivity index (χ3n) is 5.05. The Hall–Kier alpha value is -1.46. The molecule has 0 amide bonds. The zero-order valence-electron chi connectivity index (χ0n) is 13.7. The van der Waals surface area contributed by atoms with E-state index in [-0.39, 0.29) is 17.1 Å². The minimum Gasteiger partial charge on any atom is -0.300 e. The number of rotatable bonds is 2. The van der Waals surface area contributed by atoms with Crippen LogP contribution in [0.2, 0.25) is 0 Å². The molecule has 0 spiro atoms. The summed E-state index contributed by atoms with van der Waals surface area (Å²) in [6, 6.07) is 6.96. The van der Waals surface area contributed by atoms with Crippen molar-refractivity contribution in [2.45, 2.75) is 38.0 Å². The van der Waals surface area contributed by atoms with E-state index in [4.69, 9.17) is 0 Å². The van der Waals surface area contributed by atoms with E-state index in [0.717, 1.165) is 12.0 Å². The Labute approximate surface area is 138 Å². The number of carbonyl (C=O) groups is 1. The number of Topliss-reactive ketones (excluding diaryl/α,β-unsaturated/α-hetero) is 1. The SMILES string of the molecule is Cc1ccc(S(=O)(=O)N2C[C@H]3/C=C\CCC(=O)C[C@@]3(C)C2)cc1. The second-order valence-electron chi connectivity index (χ2n) is 7.05. The smallest absolute Gasteiger partial charge is 0.243 e. The van der Waals surface area contributed by atoms with Gasteiger partial charge in [0.2, 0.25) is 10.0 Å². The maximum absolute atomic E-state index is 12.9. The number of allylic oxidation sites excluding steroid dienone is 1. The lowest BCUT2D eigenvalue weighted by Gasteiger charge is -2.29. The Bertz CT molecular complexity index is 736. The molecular weight excluding hydrogens is 310 g/mol. The average Bonchev–Trinajstić information content (AvgIpc) is 2.79. The van der Waals surface area contributed by atoms with Crippen LogP contribution in [0.25, 0.3) is 0 Å². The van der Waals surface area contributed by atoms with E-state index in [1.165, 1.54) is 0 Å². The molecule has 0 unspecified atom stereocenters. The first kappa shape index (κ1) is 16.4. The molecule has 1 aromatic rings. The molecule has 23 heavy (non-hydrogen) atoms. The van der Waals surface area contributed by atoms with E-state index in [0.29, 0.717) is 30.8 Å². The number of hydrogen-bond donors (Lipinski definition) is 0. The van der Waals surface area contributed by atoms with Gasteiger partial charge < -0.3 is 0 Å². The largest absolute Gasteiger partial charge is 0.300 e. The average molecular weight is 333 g/mol. The Morgan fingerprint density at radius 2 is 1.91 bits per heavy atom. The predicted molar refractivity (Wildman–Crippen MR) is 89.5 cm³/mol. The van der Waals surface area contributed by atoms with Crippen LogP contribution >= 0.6 is 0 Å². The van der Waals surface area contributed by atoms with Gasteiger partial charge in [0.1, 0.15) is 5.78 Å². The predicted octanol–water partition coefficient (Wildman–Crippen LogP) is 2.93. The van der Waals surface area contributed by atoms with E-state index in [1.807, 2.05) is 32.1 Å². The van der Waals surface area contributed by atoms with Crippen molar-refractivity contribution in [2.24, 2.45) is 11.3 Å². The van der Waals surface area contributed by atoms with E-state index >= 15 is 0 Å². The highest BCUT2D eigenvalue weighted by molar-refractivity contribution is 7.89. The highest BCUT2D eigenvalue weighted by Gasteiger charge is 2.47. The van der Waals surface area contributed by atoms with Crippen molar-refractivity contribution in [3.8, 4) is 0 Å². The molecule has 1 aliphatic heterocycles. The van der Waals surface area contributed by atoms with Crippen LogP contribution in [0.5, 0.6) is 0 Å². The molecule has 4 nitrogen and oxygen atoms in total. The summed E-state index contributed by atoms with van der Waals surface area (Å²) in [5, 5.41) is 0. The molecule has 2 atom stereocenters. The van der Waals surface area contributed by atoms with Crippen LogP contribution in [0, 0.1) is 18.3 Å². The summed E-state index contributed by atoms with van der Waals surface area (Å²) in [5.74, 6) is 0.336. The quantitative estimate of drug-likeness (QED) is 0.782. The normalized spacial score (nSPS) is 30.5. The minimum absolute atomic E-state index is 0.104. The van der Waals surface area contributed by atoms with Crippen LogP contribution in [0.15, 0.2) is 41.3 Å². The monoisotopic (exact) mass is 333 g/mol. The standard InChI is InChI=1S/C18H23NO3S/c1-14-7-9-17(10-8-14)23(21,22)19-12-15-5-3-4-6-16(20)11-18(15,2)13-19/h3,5,7-10,15H,4,6,11-13H2,1-2H3/b5-3-/t15-,18+/m1/s1. The van der Waals surface area contributed by atoms with Gasteiger partial charge in [0.25, 0.3) is 0 Å². The molecule has 0 aromatic heterocycles. The number of fused-ring (bicyclic) bond motifs is 1. The number of nitrogens with zero attached hydrogens (tertiary/aromatic N) is 1. The summed E-state index contributed by atoms with van der Waals surface area (Å²) in [5.41, 5.74) is 0.735. The van der Waals surface area contributed by atoms with Crippen molar-refractivity contribution in [3.63, 3.8) is 0 Å². The first-order valence-corrected chi connectivity index (χ1v) is 9.50. The van der Waals surface area contributed by atoms with Gasteiger partial charge in [-0.1, -0.05) is 36.8 Å². The van der Waals surface area contributed by atoms with Crippen molar-refractivity contribution >= 4 is 15.8 Å². The molecule has 3 rings (SSSR count). The van der Waals surface area contributed by atoms with Gasteiger partial charge >= 0.3 is 0 Å². The number of benzene rings is 1. The van der Waals surface area contributed by atoms with Crippen LogP contribution < -0.4 is 0 Å². The Balaban J connectivity index is 1.91. The van der Waals surface area contributed by atoms with E-state index in [9.17, 15) is 13.2 Å². The van der Waals surface area contributed by atoms with Gasteiger partial charge in [-0.25, -0.2) is 8.42 Å². The highest BCUT2D eigenvalue weighted by Crippen LogP contribution is 2.43. The van der Waals surface area contributed by atoms with Gasteiger partial charge in [-0.15, -0.1) is 0 Å². The first-order valence-electron chi connectivity index (χ1n) is 8.06. The second-order valence-corrected chi connectivity index (χ2v) is 8.99. The maximum Gasteiger partial charge on any atom is 0.243 e. The highest BCUT2D eigenvalue weighted by atomic mass is 32.2. The topological polar surface area (TPSA) is 54.5 Å². The summed E-state index contributed by atoms with van der Waals surface area (Å²) >= 11 is 0. The lowest BCUT2D eigenvalue weighted by molar-refractivity contribution is -0.121. The fourth-order valence-electron chi connectivity index (χ4n) is 3.59. The van der Waals surface area contributed by atoms with Crippen LogP contribution in [0.4, 0.5) is 0 Å². The van der Waals surface area contributed by atoms with E-state index in [2.05, 4.69) is 6.08 Å². The molecule has 1 fully saturated rings. The maximum atomic E-state index is 12.9. The molecule has 2 aliphatic rings. The van der Waals surface area contributed by atoms with Crippen LogP contribution in [-0.2, 0) is 14.8 Å². The lowest BCUT2D eigenvalue weighted by Crippen LogP contribution is -2.32. The molecule has 5 heteroatoms. The van der Waals surface area contributed by atoms with Gasteiger partial charge in [0.15, 0.2) is 0 Å². The van der Waals surface area contributed by atoms with Crippen molar-refractivity contribution in [1.82, 2.24) is 4.31 Å². The molecule has 1 heterocycles. The van der Waals surface area contributed by atoms with Gasteiger partial charge in [0.05, 0.1) is 4.90 Å². The summed E-state index contributed by atoms with van der Waals surface area (Å²) in [6.07, 6.45) is 5.92. The van der Waals surface area contributed by atoms with E-state index < -0.39 is 10.0 Å². The number of carbonyl (C=O) groups excluding carboxylic acids is 1. The molecule has 1 aromatic carbocycles. The summed E-state index contributed by atoms with van der Waals surface area (Å²) < 4.78 is 27.4. The fourth-order valence-corrected chi connectivity index (χ4v) is 5.19. The van der Waals surface area contributed by atoms with Gasteiger partial charge in [-0.2, -0.15) is 4.31 Å². The van der Waals surface area contributed by atoms with Crippen LogP contribution in [0.3, 0.4) is 0 Å². The Morgan fingerprint density at radius 1 is 1.22 bits per heavy atom. The van der Waals surface area contributed by atoms with E-state index in [1.54, 1.807) is 16.4 Å². The molecule has 0 N–H and O–H groups in total. The number of ketones is 1. The molecule has 0 radical (unpaired) electrons. The molecule has 1 aliphatic carbocycles. The van der Waals surface area contributed by atoms with Gasteiger partial charge in [0, 0.05) is 25.9 Å². The van der Waals surface area contributed by atoms with Crippen LogP contribution in [0.1, 0.15) is 31.7 Å². The second kappa shape index (κ2) is 5.87. The third-order valence-corrected chi connectivity index (χ3v) is 6.88. The first-order chi connectivity index (χ1) is 10.8. The fraction of sp³-hybridized carbons (Fsp3) is 0.500. The molecule has 0 bridgehead atoms. The molecule has 0 saturated carbocycles. The zero-order chi connectivity index (χ0) is 16.7. The summed E-state index contributed by atoms with van der Waals surface area (Å²) in [6.45, 7) is 4.83. The Kier molecular flexibility index (Phi) is 4.19. The zero-order valence-corrected chi connectivity index (χ0v) is 14.5. The van der Waals surface area contributed by atoms with Gasteiger partial charge in [-0.05, 0) is 36.8 Å². The van der Waals surface area contributed by atoms with Crippen molar-refractivity contribution < 1.29 is 13.2 Å².